The highest BCUT2D eigenvalue weighted by Crippen LogP contribution is 2.24. The first-order valence-corrected chi connectivity index (χ1v) is 12.2. The highest BCUT2D eigenvalue weighted by molar-refractivity contribution is 5.90. The van der Waals surface area contributed by atoms with Gasteiger partial charge in [0, 0.05) is 19.5 Å². The van der Waals surface area contributed by atoms with E-state index in [1.807, 2.05) is 54.6 Å². The van der Waals surface area contributed by atoms with E-state index in [2.05, 4.69) is 16.7 Å². The third-order valence-electron chi connectivity index (χ3n) is 6.47. The molecule has 1 aliphatic heterocycles. The Morgan fingerprint density at radius 1 is 0.973 bits per heavy atom. The lowest BCUT2D eigenvalue weighted by atomic mass is 9.97. The Balaban J connectivity index is 1.38. The van der Waals surface area contributed by atoms with Gasteiger partial charge in [0.05, 0.1) is 11.6 Å². The second-order valence-electron chi connectivity index (χ2n) is 8.95. The largest absolute Gasteiger partial charge is 0.480 e. The molecule has 3 N–H and O–H groups in total. The summed E-state index contributed by atoms with van der Waals surface area (Å²) in [7, 11) is 0. The van der Waals surface area contributed by atoms with Crippen LogP contribution in [0.3, 0.4) is 0 Å². The maximum atomic E-state index is 13.0. The number of rotatable bonds is 8. The predicted octanol–water partition coefficient (Wildman–Crippen LogP) is 3.71. The van der Waals surface area contributed by atoms with Crippen LogP contribution in [0.25, 0.3) is 11.1 Å². The Kier molecular flexibility index (Phi) is 8.16. The van der Waals surface area contributed by atoms with Crippen LogP contribution in [-0.2, 0) is 22.6 Å². The number of likely N-dealkylation sites (tertiary alicyclic amines) is 1. The topological polar surface area (TPSA) is 123 Å². The SMILES string of the molecule is N#Cc1ccccc1-c1ccc(C[C@H](NC(=O)[C@@H]2CCCN2C(=O)NCc2ccccc2)C(=O)O)cc1. The Hall–Kier alpha value is -4.64. The van der Waals surface area contributed by atoms with E-state index in [4.69, 9.17) is 0 Å². The smallest absolute Gasteiger partial charge is 0.326 e. The Morgan fingerprint density at radius 2 is 1.68 bits per heavy atom. The van der Waals surface area contributed by atoms with Gasteiger partial charge in [0.1, 0.15) is 12.1 Å². The maximum Gasteiger partial charge on any atom is 0.326 e. The van der Waals surface area contributed by atoms with Crippen LogP contribution >= 0.6 is 0 Å². The fourth-order valence-corrected chi connectivity index (χ4v) is 4.51. The molecule has 0 saturated carbocycles. The standard InChI is InChI=1S/C29H28N4O4/c30-18-23-9-4-5-10-24(23)22-14-12-20(13-15-22)17-25(28(35)36)32-27(34)26-11-6-16-33(26)29(37)31-19-21-7-2-1-3-8-21/h1-5,7-10,12-15,25-26H,6,11,16-17,19H2,(H,31,37)(H,32,34)(H,35,36)/t25-,26-/m0/s1. The molecule has 1 saturated heterocycles. The quantitative estimate of drug-likeness (QED) is 0.439. The number of carbonyl (C=O) groups excluding carboxylic acids is 2. The molecular weight excluding hydrogens is 468 g/mol. The minimum Gasteiger partial charge on any atom is -0.480 e. The number of carboxylic acids is 1. The molecule has 0 aliphatic carbocycles. The van der Waals surface area contributed by atoms with Crippen LogP contribution in [0.15, 0.2) is 78.9 Å². The number of aliphatic carboxylic acids is 1. The van der Waals surface area contributed by atoms with Crippen LogP contribution in [0.5, 0.6) is 0 Å². The summed E-state index contributed by atoms with van der Waals surface area (Å²) in [5, 5.41) is 24.6. The van der Waals surface area contributed by atoms with Gasteiger partial charge in [0.2, 0.25) is 5.91 Å². The van der Waals surface area contributed by atoms with Crippen molar-refractivity contribution < 1.29 is 19.5 Å². The van der Waals surface area contributed by atoms with Crippen LogP contribution in [-0.4, -0.2) is 46.5 Å². The lowest BCUT2D eigenvalue weighted by Gasteiger charge is -2.26. The number of nitrogens with zero attached hydrogens (tertiary/aromatic N) is 2. The third kappa shape index (κ3) is 6.33. The molecule has 0 radical (unpaired) electrons. The molecule has 1 aliphatic rings. The normalized spacial score (nSPS) is 15.4. The molecule has 0 spiro atoms. The number of urea groups is 1. The molecule has 2 atom stereocenters. The summed E-state index contributed by atoms with van der Waals surface area (Å²) in [6.07, 6.45) is 1.23. The van der Waals surface area contributed by atoms with Crippen LogP contribution in [0.2, 0.25) is 0 Å². The lowest BCUT2D eigenvalue weighted by molar-refractivity contribution is -0.142. The molecule has 4 rings (SSSR count). The van der Waals surface area contributed by atoms with E-state index in [1.54, 1.807) is 24.3 Å². The van der Waals surface area contributed by atoms with E-state index >= 15 is 0 Å². The van der Waals surface area contributed by atoms with Gasteiger partial charge in [-0.05, 0) is 41.2 Å². The zero-order chi connectivity index (χ0) is 26.2. The van der Waals surface area contributed by atoms with E-state index in [0.717, 1.165) is 22.3 Å². The lowest BCUT2D eigenvalue weighted by Crippen LogP contribution is -2.53. The van der Waals surface area contributed by atoms with Gasteiger partial charge >= 0.3 is 12.0 Å². The van der Waals surface area contributed by atoms with Crippen molar-refractivity contribution >= 4 is 17.9 Å². The van der Waals surface area contributed by atoms with E-state index in [9.17, 15) is 24.8 Å². The average molecular weight is 497 g/mol. The van der Waals surface area contributed by atoms with Gasteiger partial charge in [-0.2, -0.15) is 5.26 Å². The predicted molar refractivity (Wildman–Crippen MR) is 138 cm³/mol. The Morgan fingerprint density at radius 3 is 2.38 bits per heavy atom. The van der Waals surface area contributed by atoms with Crippen molar-refractivity contribution in [1.82, 2.24) is 15.5 Å². The van der Waals surface area contributed by atoms with Crippen LogP contribution in [0.1, 0.15) is 29.5 Å². The van der Waals surface area contributed by atoms with Gasteiger partial charge in [0.25, 0.3) is 0 Å². The summed E-state index contributed by atoms with van der Waals surface area (Å²) in [6, 6.07) is 24.0. The van der Waals surface area contributed by atoms with Gasteiger partial charge < -0.3 is 20.6 Å². The van der Waals surface area contributed by atoms with Gasteiger partial charge in [-0.1, -0.05) is 72.8 Å². The minimum absolute atomic E-state index is 0.0914. The van der Waals surface area contributed by atoms with Crippen molar-refractivity contribution in [2.75, 3.05) is 6.54 Å². The van der Waals surface area contributed by atoms with Crippen molar-refractivity contribution in [3.05, 3.63) is 95.6 Å². The fraction of sp³-hybridized carbons (Fsp3) is 0.241. The molecule has 188 valence electrons. The molecule has 8 heteroatoms. The van der Waals surface area contributed by atoms with Crippen LogP contribution in [0, 0.1) is 11.3 Å². The highest BCUT2D eigenvalue weighted by atomic mass is 16.4. The number of benzene rings is 3. The van der Waals surface area contributed by atoms with Crippen molar-refractivity contribution in [2.45, 2.75) is 37.9 Å². The Labute approximate surface area is 215 Å². The van der Waals surface area contributed by atoms with Crippen molar-refractivity contribution in [3.8, 4) is 17.2 Å². The van der Waals surface area contributed by atoms with E-state index < -0.39 is 24.0 Å². The maximum absolute atomic E-state index is 13.0. The minimum atomic E-state index is -1.15. The van der Waals surface area contributed by atoms with Gasteiger partial charge in [0.15, 0.2) is 0 Å². The van der Waals surface area contributed by atoms with E-state index in [-0.39, 0.29) is 12.5 Å². The van der Waals surface area contributed by atoms with Gasteiger partial charge in [-0.25, -0.2) is 9.59 Å². The molecule has 8 nitrogen and oxygen atoms in total. The molecule has 0 bridgehead atoms. The van der Waals surface area contributed by atoms with Crippen molar-refractivity contribution in [1.29, 1.82) is 5.26 Å². The van der Waals surface area contributed by atoms with E-state index in [1.165, 1.54) is 4.90 Å². The number of carboxylic acid groups (broad SMARTS) is 1. The third-order valence-corrected chi connectivity index (χ3v) is 6.47. The zero-order valence-corrected chi connectivity index (χ0v) is 20.3. The van der Waals surface area contributed by atoms with Crippen LogP contribution in [0.4, 0.5) is 4.79 Å². The van der Waals surface area contributed by atoms with Gasteiger partial charge in [-0.15, -0.1) is 0 Å². The van der Waals surface area contributed by atoms with Crippen molar-refractivity contribution in [3.63, 3.8) is 0 Å². The molecule has 0 unspecified atom stereocenters. The number of hydrogen-bond donors (Lipinski definition) is 3. The Bertz CT molecular complexity index is 1300. The highest BCUT2D eigenvalue weighted by Gasteiger charge is 2.35. The second kappa shape index (κ2) is 11.9. The van der Waals surface area contributed by atoms with Crippen molar-refractivity contribution in [2.24, 2.45) is 0 Å². The van der Waals surface area contributed by atoms with Crippen LogP contribution < -0.4 is 10.6 Å². The fourth-order valence-electron chi connectivity index (χ4n) is 4.51. The molecule has 3 aromatic carbocycles. The monoisotopic (exact) mass is 496 g/mol. The number of nitriles is 1. The molecule has 37 heavy (non-hydrogen) atoms. The summed E-state index contributed by atoms with van der Waals surface area (Å²) in [5.41, 5.74) is 3.88. The number of nitrogens with one attached hydrogen (secondary N) is 2. The molecule has 3 aromatic rings. The second-order valence-corrected chi connectivity index (χ2v) is 8.95. The summed E-state index contributed by atoms with van der Waals surface area (Å²) >= 11 is 0. The summed E-state index contributed by atoms with van der Waals surface area (Å²) in [4.78, 5) is 39.2. The van der Waals surface area contributed by atoms with E-state index in [0.29, 0.717) is 31.5 Å². The molecule has 1 fully saturated rings. The first kappa shape index (κ1) is 25.5. The first-order valence-electron chi connectivity index (χ1n) is 12.2. The van der Waals surface area contributed by atoms with Gasteiger partial charge in [-0.3, -0.25) is 4.79 Å². The molecular formula is C29H28N4O4. The zero-order valence-electron chi connectivity index (χ0n) is 20.3. The molecule has 3 amide bonds. The molecule has 0 aromatic heterocycles. The average Bonchev–Trinajstić information content (AvgIpc) is 3.43. The summed E-state index contributed by atoms with van der Waals surface area (Å²) < 4.78 is 0. The summed E-state index contributed by atoms with van der Waals surface area (Å²) in [5.74, 6) is -1.62. The molecule has 1 heterocycles. The number of hydrogen-bond acceptors (Lipinski definition) is 4. The number of amides is 3. The number of carbonyl (C=O) groups is 3. The summed E-state index contributed by atoms with van der Waals surface area (Å²) in [6.45, 7) is 0.777. The first-order chi connectivity index (χ1) is 18.0.